The van der Waals surface area contributed by atoms with Crippen molar-refractivity contribution in [1.29, 1.82) is 0 Å². The van der Waals surface area contributed by atoms with Crippen molar-refractivity contribution in [3.8, 4) is 0 Å². The highest BCUT2D eigenvalue weighted by atomic mass is 16.6. The molecule has 0 fully saturated rings. The van der Waals surface area contributed by atoms with Gasteiger partial charge in [0.05, 0.1) is 34.4 Å². The van der Waals surface area contributed by atoms with E-state index in [1.807, 2.05) is 21.1 Å². The van der Waals surface area contributed by atoms with Crippen LogP contribution in [0.5, 0.6) is 0 Å². The summed E-state index contributed by atoms with van der Waals surface area (Å²) in [4.78, 5) is 36.8. The molecule has 0 rings (SSSR count). The largest absolute Gasteiger partial charge is 0.477 e. The number of rotatable bonds is 34. The van der Waals surface area contributed by atoms with E-state index in [2.05, 4.69) is 74.6 Å². The van der Waals surface area contributed by atoms with E-state index in [4.69, 9.17) is 14.2 Å². The van der Waals surface area contributed by atoms with Crippen molar-refractivity contribution in [1.82, 2.24) is 0 Å². The average Bonchev–Trinajstić information content (AvgIpc) is 3.08. The highest BCUT2D eigenvalue weighted by Crippen LogP contribution is 2.12. The number of likely N-dealkylation sites (N-methyl/N-ethyl adjacent to an activating group) is 1. The lowest BCUT2D eigenvalue weighted by Gasteiger charge is -2.31. The topological polar surface area (TPSA) is 99.1 Å². The number of hydrogen-bond donors (Lipinski definition) is 1. The zero-order valence-electron chi connectivity index (χ0n) is 33.0. The summed E-state index contributed by atoms with van der Waals surface area (Å²) in [5.74, 6) is -1.54. The molecule has 0 bridgehead atoms. The molecule has 8 heteroatoms. The van der Waals surface area contributed by atoms with Crippen LogP contribution in [0.4, 0.5) is 0 Å². The number of aliphatic carboxylic acids is 1. The van der Waals surface area contributed by atoms with E-state index in [1.165, 1.54) is 32.1 Å². The van der Waals surface area contributed by atoms with Crippen LogP contribution in [0.3, 0.4) is 0 Å². The first-order valence-corrected chi connectivity index (χ1v) is 19.8. The van der Waals surface area contributed by atoms with Crippen LogP contribution in [0.25, 0.3) is 0 Å². The minimum absolute atomic E-state index is 0.0414. The molecule has 0 aromatic carbocycles. The Bertz CT molecular complexity index is 1020. The van der Waals surface area contributed by atoms with E-state index >= 15 is 0 Å². The van der Waals surface area contributed by atoms with Gasteiger partial charge in [0.2, 0.25) is 0 Å². The molecule has 0 radical (unpaired) electrons. The van der Waals surface area contributed by atoms with E-state index in [1.54, 1.807) is 0 Å². The van der Waals surface area contributed by atoms with Crippen LogP contribution in [0, 0.1) is 0 Å². The smallest absolute Gasteiger partial charge is 0.362 e. The van der Waals surface area contributed by atoms with Crippen molar-refractivity contribution < 1.29 is 38.2 Å². The second-order valence-electron chi connectivity index (χ2n) is 14.2. The lowest BCUT2D eigenvalue weighted by Crippen LogP contribution is -2.50. The Morgan fingerprint density at radius 1 is 0.627 bits per heavy atom. The van der Waals surface area contributed by atoms with Crippen LogP contribution in [0.15, 0.2) is 60.8 Å². The van der Waals surface area contributed by atoms with Gasteiger partial charge in [0.1, 0.15) is 6.61 Å². The van der Waals surface area contributed by atoms with E-state index in [0.717, 1.165) is 77.0 Å². The molecular formula is C43H74NO7+. The summed E-state index contributed by atoms with van der Waals surface area (Å²) in [6.07, 6.45) is 39.8. The molecule has 0 aliphatic carbocycles. The summed E-state index contributed by atoms with van der Waals surface area (Å²) in [6, 6.07) is -0.623. The van der Waals surface area contributed by atoms with Crippen molar-refractivity contribution in [3.63, 3.8) is 0 Å². The SMILES string of the molecule is CC/C=C/C/C=C/C/C=C/CCCCC(=O)OCC(COCCC(C(=O)O)[N+](C)(C)C)OC(=O)CCCCCCCC/C=C/C=C/CCCCC. The Morgan fingerprint density at radius 2 is 1.16 bits per heavy atom. The van der Waals surface area contributed by atoms with Gasteiger partial charge in [-0.3, -0.25) is 9.59 Å². The van der Waals surface area contributed by atoms with Gasteiger partial charge in [-0.1, -0.05) is 113 Å². The molecule has 0 aromatic rings. The molecular weight excluding hydrogens is 642 g/mol. The summed E-state index contributed by atoms with van der Waals surface area (Å²) in [7, 11) is 5.49. The van der Waals surface area contributed by atoms with Crippen molar-refractivity contribution in [2.45, 2.75) is 154 Å². The monoisotopic (exact) mass is 717 g/mol. The van der Waals surface area contributed by atoms with Crippen LogP contribution >= 0.6 is 0 Å². The normalized spacial score (nSPS) is 13.7. The molecule has 0 amide bonds. The van der Waals surface area contributed by atoms with E-state index in [0.29, 0.717) is 19.3 Å². The molecule has 0 aliphatic heterocycles. The molecule has 0 saturated heterocycles. The second-order valence-corrected chi connectivity index (χ2v) is 14.2. The molecule has 0 aromatic heterocycles. The first-order valence-electron chi connectivity index (χ1n) is 19.8. The Kier molecular flexibility index (Phi) is 32.1. The summed E-state index contributed by atoms with van der Waals surface area (Å²) in [6.45, 7) is 4.51. The van der Waals surface area contributed by atoms with Crippen molar-refractivity contribution in [2.75, 3.05) is 41.0 Å². The molecule has 8 nitrogen and oxygen atoms in total. The maximum atomic E-state index is 12.7. The number of carboxylic acid groups (broad SMARTS) is 1. The number of carbonyl (C=O) groups is 3. The van der Waals surface area contributed by atoms with Gasteiger partial charge in [-0.05, 0) is 70.6 Å². The lowest BCUT2D eigenvalue weighted by molar-refractivity contribution is -0.887. The third kappa shape index (κ3) is 32.7. The highest BCUT2D eigenvalue weighted by Gasteiger charge is 2.31. The standard InChI is InChI=1S/C43H73NO7/c1-6-8-10-12-14-16-18-20-21-22-24-26-28-30-32-34-42(46)51-39(37-49-36-35-40(43(47)48)44(3,4)5)38-50-41(45)33-31-29-27-25-23-19-17-15-13-11-9-7-2/h9,11,14-18,20,23,25,39-40H,6-8,10,12-13,19,21-22,24,26-38H2,1-5H3/p+1/b11-9+,16-14+,17-15+,20-18+,25-23+. The molecule has 1 N–H and O–H groups in total. The molecule has 0 heterocycles. The quantitative estimate of drug-likeness (QED) is 0.0233. The number of quaternary nitrogens is 1. The number of carboxylic acids is 1. The Balaban J connectivity index is 4.49. The summed E-state index contributed by atoms with van der Waals surface area (Å²) >= 11 is 0. The number of carbonyl (C=O) groups excluding carboxylic acids is 2. The first kappa shape index (κ1) is 48.0. The minimum Gasteiger partial charge on any atom is -0.477 e. The van der Waals surface area contributed by atoms with Gasteiger partial charge in [-0.2, -0.15) is 0 Å². The fourth-order valence-corrected chi connectivity index (χ4v) is 5.33. The Labute approximate surface area is 311 Å². The van der Waals surface area contributed by atoms with Crippen molar-refractivity contribution >= 4 is 17.9 Å². The summed E-state index contributed by atoms with van der Waals surface area (Å²) < 4.78 is 17.2. The summed E-state index contributed by atoms with van der Waals surface area (Å²) in [5, 5.41) is 9.59. The fraction of sp³-hybridized carbons (Fsp3) is 0.698. The minimum atomic E-state index is -0.886. The van der Waals surface area contributed by atoms with Gasteiger partial charge in [-0.25, -0.2) is 4.79 Å². The van der Waals surface area contributed by atoms with Gasteiger partial charge in [0, 0.05) is 19.3 Å². The van der Waals surface area contributed by atoms with Crippen molar-refractivity contribution in [3.05, 3.63) is 60.8 Å². The Morgan fingerprint density at radius 3 is 1.78 bits per heavy atom. The van der Waals surface area contributed by atoms with Crippen LogP contribution in [-0.2, 0) is 28.6 Å². The van der Waals surface area contributed by atoms with Crippen molar-refractivity contribution in [2.24, 2.45) is 0 Å². The van der Waals surface area contributed by atoms with Gasteiger partial charge >= 0.3 is 17.9 Å². The van der Waals surface area contributed by atoms with Gasteiger partial charge < -0.3 is 23.8 Å². The van der Waals surface area contributed by atoms with Crippen LogP contribution < -0.4 is 0 Å². The zero-order chi connectivity index (χ0) is 37.8. The molecule has 0 saturated carbocycles. The predicted molar refractivity (Wildman–Crippen MR) is 211 cm³/mol. The van der Waals surface area contributed by atoms with Gasteiger partial charge in [-0.15, -0.1) is 0 Å². The highest BCUT2D eigenvalue weighted by molar-refractivity contribution is 5.72. The first-order chi connectivity index (χ1) is 24.6. The van der Waals surface area contributed by atoms with E-state index in [-0.39, 0.29) is 36.2 Å². The fourth-order valence-electron chi connectivity index (χ4n) is 5.33. The number of esters is 2. The third-order valence-corrected chi connectivity index (χ3v) is 8.43. The second kappa shape index (κ2) is 34.1. The zero-order valence-corrected chi connectivity index (χ0v) is 33.0. The number of nitrogens with zero attached hydrogens (tertiary/aromatic N) is 1. The predicted octanol–water partition coefficient (Wildman–Crippen LogP) is 10.2. The Hall–Kier alpha value is -2.97. The van der Waals surface area contributed by atoms with Crippen LogP contribution in [0.2, 0.25) is 0 Å². The molecule has 0 spiro atoms. The van der Waals surface area contributed by atoms with Crippen LogP contribution in [-0.4, -0.2) is 80.6 Å². The van der Waals surface area contributed by atoms with Gasteiger partial charge in [0.15, 0.2) is 12.1 Å². The lowest BCUT2D eigenvalue weighted by atomic mass is 10.1. The maximum absolute atomic E-state index is 12.7. The number of unbranched alkanes of at least 4 members (excludes halogenated alkanes) is 11. The van der Waals surface area contributed by atoms with Gasteiger partial charge in [0.25, 0.3) is 0 Å². The van der Waals surface area contributed by atoms with Crippen LogP contribution in [0.1, 0.15) is 142 Å². The summed E-state index contributed by atoms with van der Waals surface area (Å²) in [5.41, 5.74) is 0. The number of allylic oxidation sites excluding steroid dienone is 10. The molecule has 2 unspecified atom stereocenters. The molecule has 0 aliphatic rings. The van der Waals surface area contributed by atoms with E-state index in [9.17, 15) is 19.5 Å². The van der Waals surface area contributed by atoms with E-state index < -0.39 is 18.1 Å². The number of hydrogen-bond acceptors (Lipinski definition) is 6. The average molecular weight is 717 g/mol. The third-order valence-electron chi connectivity index (χ3n) is 8.43. The molecule has 51 heavy (non-hydrogen) atoms. The molecule has 292 valence electrons. The molecule has 2 atom stereocenters. The number of ether oxygens (including phenoxy) is 3. The maximum Gasteiger partial charge on any atom is 0.362 e.